The van der Waals surface area contributed by atoms with Gasteiger partial charge in [0, 0.05) is 12.5 Å². The van der Waals surface area contributed by atoms with E-state index in [9.17, 15) is 4.79 Å². The smallest absolute Gasteiger partial charge is 0.305 e. The minimum atomic E-state index is -0.225. The van der Waals surface area contributed by atoms with Crippen LogP contribution in [0, 0.1) is 0 Å². The van der Waals surface area contributed by atoms with Gasteiger partial charge >= 0.3 is 5.97 Å². The molecule has 3 nitrogen and oxygen atoms in total. The van der Waals surface area contributed by atoms with Crippen molar-refractivity contribution in [1.82, 2.24) is 0 Å². The molecule has 0 amide bonds. The lowest BCUT2D eigenvalue weighted by Crippen LogP contribution is -2.18. The molecule has 0 rings (SSSR count). The van der Waals surface area contributed by atoms with Gasteiger partial charge in [0.15, 0.2) is 0 Å². The molecule has 0 aliphatic heterocycles. The van der Waals surface area contributed by atoms with Crippen LogP contribution < -0.4 is 5.73 Å². The highest BCUT2D eigenvalue weighted by Crippen LogP contribution is 1.95. The fourth-order valence-corrected chi connectivity index (χ4v) is 0.504. The van der Waals surface area contributed by atoms with Crippen LogP contribution in [0.1, 0.15) is 12.8 Å². The number of hydrogen-bond acceptors (Lipinski definition) is 3. The van der Waals surface area contributed by atoms with Gasteiger partial charge in [-0.2, -0.15) is 0 Å². The van der Waals surface area contributed by atoms with E-state index in [0.717, 1.165) is 0 Å². The summed E-state index contributed by atoms with van der Waals surface area (Å²) in [5.74, 6) is -0.225. The molecule has 0 saturated carbocycles. The third-order valence-corrected chi connectivity index (χ3v) is 1.21. The van der Waals surface area contributed by atoms with Gasteiger partial charge in [0.1, 0.15) is 0 Å². The Hall–Kier alpha value is -0.830. The predicted octanol–water partition coefficient (Wildman–Crippen LogP) is 0.453. The Morgan fingerprint density at radius 3 is 2.90 bits per heavy atom. The topological polar surface area (TPSA) is 52.3 Å². The van der Waals surface area contributed by atoms with Crippen molar-refractivity contribution in [2.75, 3.05) is 7.11 Å². The zero-order valence-electron chi connectivity index (χ0n) is 6.17. The van der Waals surface area contributed by atoms with Gasteiger partial charge < -0.3 is 10.5 Å². The summed E-state index contributed by atoms with van der Waals surface area (Å²) in [6.07, 6.45) is 2.59. The lowest BCUT2D eigenvalue weighted by atomic mass is 10.2. The van der Waals surface area contributed by atoms with E-state index in [1.807, 2.05) is 0 Å². The van der Waals surface area contributed by atoms with E-state index in [1.165, 1.54) is 7.11 Å². The SMILES string of the molecule is C=CC(N)CCC(=O)OC. The van der Waals surface area contributed by atoms with Crippen LogP contribution in [0.25, 0.3) is 0 Å². The van der Waals surface area contributed by atoms with E-state index >= 15 is 0 Å². The van der Waals surface area contributed by atoms with Crippen molar-refractivity contribution in [2.24, 2.45) is 5.73 Å². The van der Waals surface area contributed by atoms with Crippen molar-refractivity contribution in [1.29, 1.82) is 0 Å². The summed E-state index contributed by atoms with van der Waals surface area (Å²) in [6.45, 7) is 3.49. The summed E-state index contributed by atoms with van der Waals surface area (Å²) >= 11 is 0. The van der Waals surface area contributed by atoms with E-state index in [4.69, 9.17) is 5.73 Å². The third kappa shape index (κ3) is 4.09. The monoisotopic (exact) mass is 143 g/mol. The van der Waals surface area contributed by atoms with Gasteiger partial charge in [-0.1, -0.05) is 6.08 Å². The van der Waals surface area contributed by atoms with Crippen molar-refractivity contribution < 1.29 is 9.53 Å². The van der Waals surface area contributed by atoms with Gasteiger partial charge in [-0.15, -0.1) is 6.58 Å². The van der Waals surface area contributed by atoms with Gasteiger partial charge in [0.2, 0.25) is 0 Å². The largest absolute Gasteiger partial charge is 0.469 e. The fraction of sp³-hybridized carbons (Fsp3) is 0.571. The maximum atomic E-state index is 10.5. The molecule has 10 heavy (non-hydrogen) atoms. The predicted molar refractivity (Wildman–Crippen MR) is 39.4 cm³/mol. The maximum Gasteiger partial charge on any atom is 0.305 e. The van der Waals surface area contributed by atoms with Crippen LogP contribution in [-0.4, -0.2) is 19.1 Å². The Morgan fingerprint density at radius 1 is 1.90 bits per heavy atom. The Balaban J connectivity index is 3.34. The molecule has 0 heterocycles. The molecule has 0 aliphatic carbocycles. The van der Waals surface area contributed by atoms with E-state index < -0.39 is 0 Å². The Bertz CT molecular complexity index is 123. The van der Waals surface area contributed by atoms with Gasteiger partial charge in [0.05, 0.1) is 7.11 Å². The highest BCUT2D eigenvalue weighted by atomic mass is 16.5. The van der Waals surface area contributed by atoms with Crippen molar-refractivity contribution in [3.63, 3.8) is 0 Å². The van der Waals surface area contributed by atoms with Crippen LogP contribution in [0.2, 0.25) is 0 Å². The van der Waals surface area contributed by atoms with E-state index in [0.29, 0.717) is 12.8 Å². The van der Waals surface area contributed by atoms with Gasteiger partial charge in [-0.05, 0) is 6.42 Å². The first-order chi connectivity index (χ1) is 4.70. The number of ether oxygens (including phenoxy) is 1. The second-order valence-corrected chi connectivity index (χ2v) is 2.01. The number of methoxy groups -OCH3 is 1. The minimum Gasteiger partial charge on any atom is -0.469 e. The zero-order valence-corrected chi connectivity index (χ0v) is 6.17. The maximum absolute atomic E-state index is 10.5. The molecule has 0 saturated heterocycles. The quantitative estimate of drug-likeness (QED) is 0.459. The van der Waals surface area contributed by atoms with Gasteiger partial charge in [-0.3, -0.25) is 4.79 Å². The molecule has 1 atom stereocenters. The molecule has 0 fully saturated rings. The van der Waals surface area contributed by atoms with E-state index in [1.54, 1.807) is 6.08 Å². The lowest BCUT2D eigenvalue weighted by Gasteiger charge is -2.02. The summed E-state index contributed by atoms with van der Waals surface area (Å²) in [6, 6.07) is -0.0981. The first-order valence-corrected chi connectivity index (χ1v) is 3.15. The molecule has 0 aromatic carbocycles. The first kappa shape index (κ1) is 9.17. The summed E-state index contributed by atoms with van der Waals surface area (Å²) < 4.78 is 4.42. The van der Waals surface area contributed by atoms with Crippen LogP contribution in [-0.2, 0) is 9.53 Å². The van der Waals surface area contributed by atoms with Crippen LogP contribution in [0.4, 0.5) is 0 Å². The Labute approximate surface area is 60.9 Å². The number of hydrogen-bond donors (Lipinski definition) is 1. The van der Waals surface area contributed by atoms with Crippen molar-refractivity contribution in [3.05, 3.63) is 12.7 Å². The molecule has 58 valence electrons. The summed E-state index contributed by atoms with van der Waals surface area (Å²) in [4.78, 5) is 10.5. The molecule has 0 radical (unpaired) electrons. The molecule has 2 N–H and O–H groups in total. The second kappa shape index (κ2) is 4.99. The van der Waals surface area contributed by atoms with Crippen molar-refractivity contribution in [2.45, 2.75) is 18.9 Å². The highest BCUT2D eigenvalue weighted by Gasteiger charge is 2.02. The van der Waals surface area contributed by atoms with Crippen LogP contribution in [0.15, 0.2) is 12.7 Å². The zero-order chi connectivity index (χ0) is 7.98. The molecular formula is C7H13NO2. The van der Waals surface area contributed by atoms with Crippen molar-refractivity contribution >= 4 is 5.97 Å². The number of carbonyl (C=O) groups is 1. The highest BCUT2D eigenvalue weighted by molar-refractivity contribution is 5.69. The molecule has 3 heteroatoms. The summed E-state index contributed by atoms with van der Waals surface area (Å²) in [5, 5.41) is 0. The summed E-state index contributed by atoms with van der Waals surface area (Å²) in [7, 11) is 1.36. The van der Waals surface area contributed by atoms with E-state index in [-0.39, 0.29) is 12.0 Å². The molecule has 1 unspecified atom stereocenters. The molecular weight excluding hydrogens is 130 g/mol. The van der Waals surface area contributed by atoms with Gasteiger partial charge in [0.25, 0.3) is 0 Å². The van der Waals surface area contributed by atoms with Gasteiger partial charge in [-0.25, -0.2) is 0 Å². The van der Waals surface area contributed by atoms with Crippen LogP contribution in [0.5, 0.6) is 0 Å². The molecule has 0 aromatic heterocycles. The fourth-order valence-electron chi connectivity index (χ4n) is 0.504. The molecule has 0 spiro atoms. The van der Waals surface area contributed by atoms with Crippen molar-refractivity contribution in [3.8, 4) is 0 Å². The number of esters is 1. The first-order valence-electron chi connectivity index (χ1n) is 3.15. The Morgan fingerprint density at radius 2 is 2.50 bits per heavy atom. The number of rotatable bonds is 4. The molecule has 0 bridgehead atoms. The number of nitrogens with two attached hydrogens (primary N) is 1. The standard InChI is InChI=1S/C7H13NO2/c1-3-6(8)4-5-7(9)10-2/h3,6H,1,4-5,8H2,2H3. The Kier molecular flexibility index (Phi) is 4.58. The average molecular weight is 143 g/mol. The molecule has 0 aromatic rings. The minimum absolute atomic E-state index is 0.0981. The van der Waals surface area contributed by atoms with Crippen LogP contribution >= 0.6 is 0 Å². The lowest BCUT2D eigenvalue weighted by molar-refractivity contribution is -0.140. The second-order valence-electron chi connectivity index (χ2n) is 2.01. The van der Waals surface area contributed by atoms with E-state index in [2.05, 4.69) is 11.3 Å². The van der Waals surface area contributed by atoms with Crippen LogP contribution in [0.3, 0.4) is 0 Å². The third-order valence-electron chi connectivity index (χ3n) is 1.21. The average Bonchev–Trinajstić information content (AvgIpc) is 1.99. The normalized spacial score (nSPS) is 12.2. The summed E-state index contributed by atoms with van der Waals surface area (Å²) in [5.41, 5.74) is 5.45. The number of carbonyl (C=O) groups excluding carboxylic acids is 1. The molecule has 0 aliphatic rings.